The third kappa shape index (κ3) is 1.74. The Hall–Kier alpha value is -2.31. The fraction of sp³-hybridized carbons (Fsp3) is 0.222. The molecule has 4 N–H and O–H groups in total. The van der Waals surface area contributed by atoms with Gasteiger partial charge in [-0.3, -0.25) is 9.89 Å². The maximum absolute atomic E-state index is 11.6. The molecule has 0 unspecified atom stereocenters. The van der Waals surface area contributed by atoms with Crippen LogP contribution in [-0.2, 0) is 0 Å². The normalized spacial score (nSPS) is 10.4. The molecule has 0 radical (unpaired) electrons. The van der Waals surface area contributed by atoms with Crippen molar-refractivity contribution in [3.05, 3.63) is 23.2 Å². The Balaban J connectivity index is 2.17. The monoisotopic (exact) mass is 221 g/mol. The molecule has 1 amide bonds. The number of amides is 1. The van der Waals surface area contributed by atoms with Gasteiger partial charge in [0.25, 0.3) is 5.91 Å². The molecule has 2 aromatic rings. The zero-order valence-corrected chi connectivity index (χ0v) is 8.87. The second-order valence-electron chi connectivity index (χ2n) is 3.39. The van der Waals surface area contributed by atoms with E-state index in [0.29, 0.717) is 23.0 Å². The van der Waals surface area contributed by atoms with Crippen LogP contribution < -0.4 is 11.1 Å². The Morgan fingerprint density at radius 1 is 1.56 bits per heavy atom. The van der Waals surface area contributed by atoms with E-state index in [0.717, 1.165) is 0 Å². The van der Waals surface area contributed by atoms with Crippen LogP contribution in [0.5, 0.6) is 0 Å². The summed E-state index contributed by atoms with van der Waals surface area (Å²) in [5.74, 6) is 0.453. The van der Waals surface area contributed by atoms with Gasteiger partial charge < -0.3 is 15.6 Å². The number of nitrogens with one attached hydrogen (secondary N) is 2. The van der Waals surface area contributed by atoms with E-state index in [1.165, 1.54) is 6.07 Å². The number of aromatic nitrogens is 3. The van der Waals surface area contributed by atoms with Gasteiger partial charge in [0.15, 0.2) is 11.5 Å². The van der Waals surface area contributed by atoms with E-state index in [9.17, 15) is 4.79 Å². The topological polar surface area (TPSA) is 110 Å². The highest BCUT2D eigenvalue weighted by Crippen LogP contribution is 2.18. The van der Waals surface area contributed by atoms with Crippen molar-refractivity contribution < 1.29 is 9.32 Å². The van der Waals surface area contributed by atoms with Crippen molar-refractivity contribution >= 4 is 17.4 Å². The lowest BCUT2D eigenvalue weighted by atomic mass is 10.3. The third-order valence-electron chi connectivity index (χ3n) is 2.09. The summed E-state index contributed by atoms with van der Waals surface area (Å²) < 4.78 is 4.79. The zero-order chi connectivity index (χ0) is 11.7. The molecular formula is C9H11N5O2. The lowest BCUT2D eigenvalue weighted by Crippen LogP contribution is -2.13. The summed E-state index contributed by atoms with van der Waals surface area (Å²) in [5.41, 5.74) is 6.99. The molecule has 7 heteroatoms. The largest absolute Gasteiger partial charge is 0.394 e. The Bertz CT molecular complexity index is 528. The maximum Gasteiger partial charge on any atom is 0.279 e. The molecule has 0 aromatic carbocycles. The van der Waals surface area contributed by atoms with Crippen molar-refractivity contribution in [2.45, 2.75) is 13.8 Å². The van der Waals surface area contributed by atoms with Gasteiger partial charge in [-0.05, 0) is 13.8 Å². The number of H-pyrrole nitrogens is 1. The number of aryl methyl sites for hydroxylation is 2. The molecule has 0 atom stereocenters. The molecule has 0 spiro atoms. The summed E-state index contributed by atoms with van der Waals surface area (Å²) in [5, 5.41) is 12.6. The summed E-state index contributed by atoms with van der Waals surface area (Å²) in [6.07, 6.45) is 0. The Morgan fingerprint density at radius 3 is 2.81 bits per heavy atom. The van der Waals surface area contributed by atoms with E-state index in [-0.39, 0.29) is 5.69 Å². The number of nitrogens with zero attached hydrogens (tertiary/aromatic N) is 2. The van der Waals surface area contributed by atoms with Crippen LogP contribution in [0.4, 0.5) is 11.5 Å². The second-order valence-corrected chi connectivity index (χ2v) is 3.39. The summed E-state index contributed by atoms with van der Waals surface area (Å²) in [4.78, 5) is 11.6. The minimum atomic E-state index is -0.407. The van der Waals surface area contributed by atoms with Crippen molar-refractivity contribution in [3.63, 3.8) is 0 Å². The number of hydrogen-bond acceptors (Lipinski definition) is 5. The van der Waals surface area contributed by atoms with Crippen molar-refractivity contribution in [2.24, 2.45) is 0 Å². The average molecular weight is 221 g/mol. The molecule has 2 aromatic heterocycles. The molecule has 0 fully saturated rings. The first-order valence-corrected chi connectivity index (χ1v) is 4.63. The number of carbonyl (C=O) groups is 1. The number of hydrogen-bond donors (Lipinski definition) is 3. The summed E-state index contributed by atoms with van der Waals surface area (Å²) in [7, 11) is 0. The van der Waals surface area contributed by atoms with Gasteiger partial charge in [-0.1, -0.05) is 5.16 Å². The molecule has 2 heterocycles. The Kier molecular flexibility index (Phi) is 2.35. The van der Waals surface area contributed by atoms with Crippen LogP contribution in [-0.4, -0.2) is 21.3 Å². The first-order chi connectivity index (χ1) is 7.58. The van der Waals surface area contributed by atoms with E-state index in [1.54, 1.807) is 13.8 Å². The van der Waals surface area contributed by atoms with Crippen LogP contribution in [0, 0.1) is 13.8 Å². The maximum atomic E-state index is 11.6. The summed E-state index contributed by atoms with van der Waals surface area (Å²) in [6.45, 7) is 3.47. The second kappa shape index (κ2) is 3.69. The molecule has 0 aliphatic rings. The van der Waals surface area contributed by atoms with Gasteiger partial charge in [0.05, 0.1) is 11.4 Å². The van der Waals surface area contributed by atoms with E-state index in [2.05, 4.69) is 20.7 Å². The average Bonchev–Trinajstić information content (AvgIpc) is 2.79. The molecule has 0 saturated heterocycles. The van der Waals surface area contributed by atoms with Crippen LogP contribution >= 0.6 is 0 Å². The van der Waals surface area contributed by atoms with Gasteiger partial charge in [0.1, 0.15) is 5.76 Å². The van der Waals surface area contributed by atoms with Crippen LogP contribution in [0.15, 0.2) is 10.6 Å². The predicted molar refractivity (Wildman–Crippen MR) is 56.9 cm³/mol. The number of aromatic amines is 1. The van der Waals surface area contributed by atoms with Crippen molar-refractivity contribution in [1.82, 2.24) is 15.4 Å². The molecule has 0 aliphatic carbocycles. The number of carbonyl (C=O) groups excluding carboxylic acids is 1. The van der Waals surface area contributed by atoms with Crippen molar-refractivity contribution in [2.75, 3.05) is 11.1 Å². The van der Waals surface area contributed by atoms with Crippen LogP contribution in [0.1, 0.15) is 21.9 Å². The highest BCUT2D eigenvalue weighted by atomic mass is 16.5. The fourth-order valence-corrected chi connectivity index (χ4v) is 1.18. The van der Waals surface area contributed by atoms with Crippen molar-refractivity contribution in [1.29, 1.82) is 0 Å². The minimum Gasteiger partial charge on any atom is -0.394 e. The highest BCUT2D eigenvalue weighted by molar-refractivity contribution is 6.03. The Morgan fingerprint density at radius 2 is 2.31 bits per heavy atom. The summed E-state index contributed by atoms with van der Waals surface area (Å²) >= 11 is 0. The quantitative estimate of drug-likeness (QED) is 0.696. The molecule has 0 aliphatic heterocycles. The zero-order valence-electron chi connectivity index (χ0n) is 8.87. The molecule has 0 bridgehead atoms. The van der Waals surface area contributed by atoms with Gasteiger partial charge >= 0.3 is 0 Å². The van der Waals surface area contributed by atoms with E-state index in [4.69, 9.17) is 10.3 Å². The number of rotatable bonds is 2. The van der Waals surface area contributed by atoms with Gasteiger partial charge in [0, 0.05) is 6.07 Å². The van der Waals surface area contributed by atoms with Crippen LogP contribution in [0.3, 0.4) is 0 Å². The standard InChI is InChI=1S/C9H11N5O2/c1-4-3-6(14-16-4)9(15)11-8-7(10)5(2)12-13-8/h3H,10H2,1-2H3,(H2,11,12,13,15). The lowest BCUT2D eigenvalue weighted by Gasteiger charge is -1.98. The molecule has 16 heavy (non-hydrogen) atoms. The smallest absolute Gasteiger partial charge is 0.279 e. The SMILES string of the molecule is Cc1cc(C(=O)Nc2n[nH]c(C)c2N)no1. The van der Waals surface area contributed by atoms with E-state index >= 15 is 0 Å². The third-order valence-corrected chi connectivity index (χ3v) is 2.09. The van der Waals surface area contributed by atoms with Gasteiger partial charge in [-0.2, -0.15) is 5.10 Å². The number of anilines is 2. The van der Waals surface area contributed by atoms with Gasteiger partial charge in [-0.25, -0.2) is 0 Å². The lowest BCUT2D eigenvalue weighted by molar-refractivity contribution is 0.101. The molecule has 0 saturated carbocycles. The van der Waals surface area contributed by atoms with Gasteiger partial charge in [-0.15, -0.1) is 0 Å². The minimum absolute atomic E-state index is 0.192. The molecular weight excluding hydrogens is 210 g/mol. The first kappa shape index (κ1) is 10.2. The highest BCUT2D eigenvalue weighted by Gasteiger charge is 2.14. The number of nitrogens with two attached hydrogens (primary N) is 1. The predicted octanol–water partition coefficient (Wildman–Crippen LogP) is 0.849. The van der Waals surface area contributed by atoms with Crippen LogP contribution in [0.25, 0.3) is 0 Å². The van der Waals surface area contributed by atoms with E-state index in [1.807, 2.05) is 0 Å². The fourth-order valence-electron chi connectivity index (χ4n) is 1.18. The van der Waals surface area contributed by atoms with Gasteiger partial charge in [0.2, 0.25) is 0 Å². The molecule has 84 valence electrons. The molecule has 2 rings (SSSR count). The summed E-state index contributed by atoms with van der Waals surface area (Å²) in [6, 6.07) is 1.53. The van der Waals surface area contributed by atoms with E-state index < -0.39 is 5.91 Å². The Labute approximate surface area is 91.0 Å². The number of nitrogen functional groups attached to an aromatic ring is 1. The molecule has 7 nitrogen and oxygen atoms in total. The van der Waals surface area contributed by atoms with Crippen LogP contribution in [0.2, 0.25) is 0 Å². The van der Waals surface area contributed by atoms with Crippen molar-refractivity contribution in [3.8, 4) is 0 Å². The first-order valence-electron chi connectivity index (χ1n) is 4.63.